The Labute approximate surface area is 125 Å². The third-order valence-corrected chi connectivity index (χ3v) is 4.51. The number of allylic oxidation sites excluding steroid dienone is 4. The molecule has 3 rings (SSSR count). The maximum Gasteiger partial charge on any atom is 0.0932 e. The summed E-state index contributed by atoms with van der Waals surface area (Å²) in [6, 6.07) is 10.5. The fourth-order valence-corrected chi connectivity index (χ4v) is 3.03. The predicted octanol–water partition coefficient (Wildman–Crippen LogP) is 4.13. The minimum atomic E-state index is -0.113. The summed E-state index contributed by atoms with van der Waals surface area (Å²) in [5.41, 5.74) is 3.50. The van der Waals surface area contributed by atoms with Crippen LogP contribution < -0.4 is 0 Å². The maximum absolute atomic E-state index is 4.29. The SMILES string of the molecule is CC(C)(C)C1(c2c[nH]nn2)C=CC(c2ccccc2)=CC1. The van der Waals surface area contributed by atoms with Gasteiger partial charge < -0.3 is 0 Å². The number of rotatable bonds is 2. The Morgan fingerprint density at radius 2 is 1.90 bits per heavy atom. The molecule has 0 saturated carbocycles. The molecule has 0 amide bonds. The van der Waals surface area contributed by atoms with Crippen LogP contribution in [0, 0.1) is 5.41 Å². The molecule has 0 radical (unpaired) electrons. The molecule has 108 valence electrons. The van der Waals surface area contributed by atoms with Crippen LogP contribution in [-0.4, -0.2) is 15.4 Å². The van der Waals surface area contributed by atoms with Crippen molar-refractivity contribution in [3.63, 3.8) is 0 Å². The average molecular weight is 279 g/mol. The van der Waals surface area contributed by atoms with E-state index in [9.17, 15) is 0 Å². The zero-order valence-electron chi connectivity index (χ0n) is 12.8. The second-order valence-electron chi connectivity index (χ2n) is 6.64. The fourth-order valence-electron chi connectivity index (χ4n) is 3.03. The molecular formula is C18H21N3. The van der Waals surface area contributed by atoms with Gasteiger partial charge in [0.05, 0.1) is 5.69 Å². The van der Waals surface area contributed by atoms with Gasteiger partial charge in [0.2, 0.25) is 0 Å². The van der Waals surface area contributed by atoms with Gasteiger partial charge in [0, 0.05) is 11.6 Å². The van der Waals surface area contributed by atoms with Crippen molar-refractivity contribution >= 4 is 5.57 Å². The highest BCUT2D eigenvalue weighted by Crippen LogP contribution is 2.47. The zero-order valence-corrected chi connectivity index (χ0v) is 12.8. The van der Waals surface area contributed by atoms with E-state index in [1.807, 2.05) is 12.3 Å². The Kier molecular flexibility index (Phi) is 3.28. The van der Waals surface area contributed by atoms with Gasteiger partial charge in [0.25, 0.3) is 0 Å². The van der Waals surface area contributed by atoms with E-state index in [0.717, 1.165) is 12.1 Å². The van der Waals surface area contributed by atoms with Crippen LogP contribution in [0.4, 0.5) is 0 Å². The first-order valence-corrected chi connectivity index (χ1v) is 7.35. The molecule has 2 aromatic rings. The number of H-pyrrole nitrogens is 1. The summed E-state index contributed by atoms with van der Waals surface area (Å²) in [7, 11) is 0. The van der Waals surface area contributed by atoms with Crippen molar-refractivity contribution < 1.29 is 0 Å². The largest absolute Gasteiger partial charge is 0.265 e. The lowest BCUT2D eigenvalue weighted by Crippen LogP contribution is -2.39. The molecule has 1 aromatic carbocycles. The number of aromatic nitrogens is 3. The van der Waals surface area contributed by atoms with E-state index in [0.29, 0.717) is 0 Å². The molecule has 1 N–H and O–H groups in total. The molecule has 0 bridgehead atoms. The summed E-state index contributed by atoms with van der Waals surface area (Å²) in [6.07, 6.45) is 9.68. The lowest BCUT2D eigenvalue weighted by molar-refractivity contribution is 0.231. The van der Waals surface area contributed by atoms with E-state index in [1.54, 1.807) is 0 Å². The summed E-state index contributed by atoms with van der Waals surface area (Å²) in [5.74, 6) is 0. The molecule has 1 aliphatic carbocycles. The molecule has 1 atom stereocenters. The molecule has 1 heterocycles. The van der Waals surface area contributed by atoms with Gasteiger partial charge in [-0.1, -0.05) is 74.5 Å². The number of nitrogens with zero attached hydrogens (tertiary/aromatic N) is 2. The summed E-state index contributed by atoms with van der Waals surface area (Å²) in [4.78, 5) is 0. The molecule has 1 aliphatic rings. The first kappa shape index (κ1) is 13.8. The van der Waals surface area contributed by atoms with Gasteiger partial charge in [-0.05, 0) is 23.0 Å². The average Bonchev–Trinajstić information content (AvgIpc) is 3.02. The Bertz CT molecular complexity index is 660. The second-order valence-corrected chi connectivity index (χ2v) is 6.64. The van der Waals surface area contributed by atoms with Crippen LogP contribution in [0.15, 0.2) is 54.8 Å². The van der Waals surface area contributed by atoms with E-state index in [1.165, 1.54) is 11.1 Å². The van der Waals surface area contributed by atoms with Crippen LogP contribution in [-0.2, 0) is 5.41 Å². The van der Waals surface area contributed by atoms with E-state index in [2.05, 4.69) is 78.7 Å². The Hall–Kier alpha value is -2.16. The van der Waals surface area contributed by atoms with E-state index >= 15 is 0 Å². The van der Waals surface area contributed by atoms with Crippen LogP contribution in [0.25, 0.3) is 5.57 Å². The Balaban J connectivity index is 1.98. The van der Waals surface area contributed by atoms with E-state index in [-0.39, 0.29) is 10.8 Å². The van der Waals surface area contributed by atoms with Gasteiger partial charge in [0.15, 0.2) is 0 Å². The first-order valence-electron chi connectivity index (χ1n) is 7.35. The summed E-state index contributed by atoms with van der Waals surface area (Å²) < 4.78 is 0. The quantitative estimate of drug-likeness (QED) is 0.898. The van der Waals surface area contributed by atoms with Crippen molar-refractivity contribution in [2.75, 3.05) is 0 Å². The molecule has 21 heavy (non-hydrogen) atoms. The van der Waals surface area contributed by atoms with Gasteiger partial charge in [0.1, 0.15) is 0 Å². The highest BCUT2D eigenvalue weighted by Gasteiger charge is 2.43. The van der Waals surface area contributed by atoms with Crippen LogP contribution in [0.2, 0.25) is 0 Å². The molecule has 3 heteroatoms. The predicted molar refractivity (Wildman–Crippen MR) is 85.7 cm³/mol. The summed E-state index contributed by atoms with van der Waals surface area (Å²) >= 11 is 0. The zero-order chi connectivity index (χ0) is 14.9. The van der Waals surface area contributed by atoms with Gasteiger partial charge >= 0.3 is 0 Å². The van der Waals surface area contributed by atoms with Crippen LogP contribution in [0.3, 0.4) is 0 Å². The van der Waals surface area contributed by atoms with Crippen molar-refractivity contribution in [2.24, 2.45) is 5.41 Å². The minimum Gasteiger partial charge on any atom is -0.265 e. The Morgan fingerprint density at radius 3 is 2.43 bits per heavy atom. The van der Waals surface area contributed by atoms with Crippen LogP contribution in [0.1, 0.15) is 38.4 Å². The third-order valence-electron chi connectivity index (χ3n) is 4.51. The normalized spacial score (nSPS) is 22.1. The van der Waals surface area contributed by atoms with Gasteiger partial charge in [-0.3, -0.25) is 5.10 Å². The lowest BCUT2D eigenvalue weighted by Gasteiger charge is -2.42. The molecule has 3 nitrogen and oxygen atoms in total. The standard InChI is InChI=1S/C18H21N3/c1-17(2,3)18(16-13-19-21-20-16)11-9-15(10-12-18)14-7-5-4-6-8-14/h4-11,13H,12H2,1-3H3,(H,19,20,21). The summed E-state index contributed by atoms with van der Waals surface area (Å²) in [6.45, 7) is 6.77. The fraction of sp³-hybridized carbons (Fsp3) is 0.333. The van der Waals surface area contributed by atoms with Gasteiger partial charge in [-0.15, -0.1) is 5.10 Å². The molecule has 0 aliphatic heterocycles. The van der Waals surface area contributed by atoms with E-state index < -0.39 is 0 Å². The number of nitrogens with one attached hydrogen (secondary N) is 1. The molecule has 0 fully saturated rings. The smallest absolute Gasteiger partial charge is 0.0932 e. The second kappa shape index (κ2) is 4.99. The molecular weight excluding hydrogens is 258 g/mol. The topological polar surface area (TPSA) is 41.6 Å². The highest BCUT2D eigenvalue weighted by atomic mass is 15.3. The van der Waals surface area contributed by atoms with E-state index in [4.69, 9.17) is 0 Å². The number of hydrogen-bond acceptors (Lipinski definition) is 2. The third kappa shape index (κ3) is 2.33. The molecule has 0 spiro atoms. The Morgan fingerprint density at radius 1 is 1.14 bits per heavy atom. The van der Waals surface area contributed by atoms with Crippen molar-refractivity contribution in [1.29, 1.82) is 0 Å². The first-order chi connectivity index (χ1) is 10.0. The lowest BCUT2D eigenvalue weighted by atomic mass is 9.61. The van der Waals surface area contributed by atoms with Crippen molar-refractivity contribution in [1.82, 2.24) is 15.4 Å². The number of benzene rings is 1. The van der Waals surface area contributed by atoms with Crippen molar-refractivity contribution in [3.8, 4) is 0 Å². The van der Waals surface area contributed by atoms with Crippen LogP contribution >= 0.6 is 0 Å². The van der Waals surface area contributed by atoms with Gasteiger partial charge in [-0.2, -0.15) is 0 Å². The monoisotopic (exact) mass is 279 g/mol. The number of aromatic amines is 1. The van der Waals surface area contributed by atoms with Crippen LogP contribution in [0.5, 0.6) is 0 Å². The van der Waals surface area contributed by atoms with Gasteiger partial charge in [-0.25, -0.2) is 0 Å². The molecule has 1 aromatic heterocycles. The van der Waals surface area contributed by atoms with Crippen molar-refractivity contribution in [3.05, 3.63) is 66.0 Å². The highest BCUT2D eigenvalue weighted by molar-refractivity contribution is 5.75. The minimum absolute atomic E-state index is 0.0685. The molecule has 1 unspecified atom stereocenters. The molecule has 0 saturated heterocycles. The number of hydrogen-bond donors (Lipinski definition) is 1. The summed E-state index contributed by atoms with van der Waals surface area (Å²) in [5, 5.41) is 11.0. The van der Waals surface area contributed by atoms with Crippen molar-refractivity contribution in [2.45, 2.75) is 32.6 Å². The maximum atomic E-state index is 4.29.